The molecule has 0 fully saturated rings. The Balaban J connectivity index is 1.36. The normalized spacial score (nSPS) is 10.3. The molecule has 0 aliphatic heterocycles. The second kappa shape index (κ2) is 12.9. The molecule has 0 aliphatic rings. The zero-order valence-electron chi connectivity index (χ0n) is 18.4. The van der Waals surface area contributed by atoms with Crippen molar-refractivity contribution >= 4 is 17.3 Å². The molecule has 0 unspecified atom stereocenters. The highest BCUT2D eigenvalue weighted by Gasteiger charge is 2.04. The smallest absolute Gasteiger partial charge is 0.243 e. The van der Waals surface area contributed by atoms with Crippen LogP contribution in [0.2, 0.25) is 0 Å². The van der Waals surface area contributed by atoms with Gasteiger partial charge in [0.15, 0.2) is 0 Å². The van der Waals surface area contributed by atoms with Crippen molar-refractivity contribution in [3.05, 3.63) is 78.9 Å². The summed E-state index contributed by atoms with van der Waals surface area (Å²) in [5.41, 5.74) is 1.55. The number of benzene rings is 3. The van der Waals surface area contributed by atoms with Crippen molar-refractivity contribution in [3.63, 3.8) is 0 Å². The Morgan fingerprint density at radius 2 is 1.38 bits per heavy atom. The molecule has 3 aromatic rings. The van der Waals surface area contributed by atoms with Gasteiger partial charge in [-0.2, -0.15) is 0 Å². The van der Waals surface area contributed by atoms with Crippen LogP contribution in [-0.4, -0.2) is 32.3 Å². The Hall–Kier alpha value is -3.67. The van der Waals surface area contributed by atoms with E-state index < -0.39 is 0 Å². The van der Waals surface area contributed by atoms with Gasteiger partial charge in [0.2, 0.25) is 5.91 Å². The first-order valence-corrected chi connectivity index (χ1v) is 10.9. The van der Waals surface area contributed by atoms with E-state index in [2.05, 4.69) is 17.6 Å². The third kappa shape index (κ3) is 8.22. The second-order valence-corrected chi connectivity index (χ2v) is 7.17. The van der Waals surface area contributed by atoms with Gasteiger partial charge in [-0.15, -0.1) is 0 Å². The van der Waals surface area contributed by atoms with E-state index in [9.17, 15) is 4.79 Å². The molecule has 0 radical (unpaired) electrons. The molecular weight excluding hydrogens is 404 g/mol. The first-order valence-electron chi connectivity index (χ1n) is 10.9. The van der Waals surface area contributed by atoms with Crippen LogP contribution in [0, 0.1) is 0 Å². The molecule has 0 heterocycles. The quantitative estimate of drug-likeness (QED) is 0.354. The van der Waals surface area contributed by atoms with Crippen molar-refractivity contribution in [1.29, 1.82) is 0 Å². The third-order valence-electron chi connectivity index (χ3n) is 4.56. The Morgan fingerprint density at radius 1 is 0.719 bits per heavy atom. The highest BCUT2D eigenvalue weighted by Crippen LogP contribution is 2.18. The van der Waals surface area contributed by atoms with Crippen molar-refractivity contribution in [3.8, 4) is 17.2 Å². The molecule has 6 heteroatoms. The maximum atomic E-state index is 12.3. The first kappa shape index (κ1) is 23.0. The van der Waals surface area contributed by atoms with Gasteiger partial charge in [-0.05, 0) is 55.0 Å². The summed E-state index contributed by atoms with van der Waals surface area (Å²) in [5.74, 6) is 2.20. The Labute approximate surface area is 189 Å². The average molecular weight is 435 g/mol. The van der Waals surface area contributed by atoms with E-state index in [4.69, 9.17) is 14.2 Å². The fourth-order valence-corrected chi connectivity index (χ4v) is 2.89. The van der Waals surface area contributed by atoms with Gasteiger partial charge in [-0.3, -0.25) is 4.79 Å². The van der Waals surface area contributed by atoms with Crippen LogP contribution in [0.3, 0.4) is 0 Å². The molecule has 2 N–H and O–H groups in total. The lowest BCUT2D eigenvalue weighted by Gasteiger charge is -2.11. The molecule has 0 bridgehead atoms. The predicted octanol–water partition coefficient (Wildman–Crippen LogP) is 5.37. The molecular formula is C26H30N2O4. The van der Waals surface area contributed by atoms with E-state index in [1.165, 1.54) is 0 Å². The van der Waals surface area contributed by atoms with Gasteiger partial charge in [-0.25, -0.2) is 0 Å². The summed E-state index contributed by atoms with van der Waals surface area (Å²) in [6.07, 6.45) is 2.09. The van der Waals surface area contributed by atoms with Crippen LogP contribution in [0.25, 0.3) is 0 Å². The SMILES string of the molecule is CCCCOc1cccc(NC(=O)CNc2ccc(OCCOc3ccccc3)cc2)c1. The van der Waals surface area contributed by atoms with E-state index in [1.807, 2.05) is 78.9 Å². The largest absolute Gasteiger partial charge is 0.494 e. The number of carbonyl (C=O) groups is 1. The summed E-state index contributed by atoms with van der Waals surface area (Å²) in [6.45, 7) is 3.87. The molecule has 3 aromatic carbocycles. The van der Waals surface area contributed by atoms with Gasteiger partial charge in [0.25, 0.3) is 0 Å². The maximum absolute atomic E-state index is 12.3. The Bertz CT molecular complexity index is 946. The van der Waals surface area contributed by atoms with Crippen LogP contribution in [0.4, 0.5) is 11.4 Å². The summed E-state index contributed by atoms with van der Waals surface area (Å²) >= 11 is 0. The fourth-order valence-electron chi connectivity index (χ4n) is 2.89. The van der Waals surface area contributed by atoms with Crippen molar-refractivity contribution < 1.29 is 19.0 Å². The zero-order chi connectivity index (χ0) is 22.4. The molecule has 0 saturated heterocycles. The lowest BCUT2D eigenvalue weighted by molar-refractivity contribution is -0.114. The molecule has 0 spiro atoms. The van der Waals surface area contributed by atoms with Gasteiger partial charge in [0.05, 0.1) is 13.2 Å². The second-order valence-electron chi connectivity index (χ2n) is 7.17. The van der Waals surface area contributed by atoms with Gasteiger partial charge >= 0.3 is 0 Å². The van der Waals surface area contributed by atoms with E-state index in [0.717, 1.165) is 35.8 Å². The monoisotopic (exact) mass is 434 g/mol. The molecule has 6 nitrogen and oxygen atoms in total. The highest BCUT2D eigenvalue weighted by atomic mass is 16.5. The maximum Gasteiger partial charge on any atom is 0.243 e. The number of anilines is 2. The first-order chi connectivity index (χ1) is 15.7. The molecule has 0 aromatic heterocycles. The number of nitrogens with one attached hydrogen (secondary N) is 2. The van der Waals surface area contributed by atoms with E-state index in [1.54, 1.807) is 0 Å². The van der Waals surface area contributed by atoms with E-state index in [0.29, 0.717) is 25.5 Å². The average Bonchev–Trinajstić information content (AvgIpc) is 2.82. The molecule has 3 rings (SSSR count). The van der Waals surface area contributed by atoms with E-state index >= 15 is 0 Å². The van der Waals surface area contributed by atoms with Crippen molar-refractivity contribution in [2.24, 2.45) is 0 Å². The predicted molar refractivity (Wildman–Crippen MR) is 128 cm³/mol. The van der Waals surface area contributed by atoms with Gasteiger partial charge < -0.3 is 24.8 Å². The molecule has 0 aliphatic carbocycles. The van der Waals surface area contributed by atoms with E-state index in [-0.39, 0.29) is 12.5 Å². The van der Waals surface area contributed by atoms with Gasteiger partial charge in [0.1, 0.15) is 30.5 Å². The van der Waals surface area contributed by atoms with Crippen LogP contribution < -0.4 is 24.8 Å². The van der Waals surface area contributed by atoms with Gasteiger partial charge in [-0.1, -0.05) is 37.6 Å². The van der Waals surface area contributed by atoms with Crippen LogP contribution in [0.15, 0.2) is 78.9 Å². The highest BCUT2D eigenvalue weighted by molar-refractivity contribution is 5.93. The van der Waals surface area contributed by atoms with Crippen molar-refractivity contribution in [1.82, 2.24) is 0 Å². The summed E-state index contributed by atoms with van der Waals surface area (Å²) < 4.78 is 17.0. The molecule has 1 amide bonds. The van der Waals surface area contributed by atoms with Crippen molar-refractivity contribution in [2.45, 2.75) is 19.8 Å². The number of ether oxygens (including phenoxy) is 3. The minimum Gasteiger partial charge on any atom is -0.494 e. The van der Waals surface area contributed by atoms with Crippen molar-refractivity contribution in [2.75, 3.05) is 37.0 Å². The number of rotatable bonds is 13. The summed E-state index contributed by atoms with van der Waals surface area (Å²) in [7, 11) is 0. The Kier molecular flexibility index (Phi) is 9.27. The number of para-hydroxylation sites is 1. The standard InChI is InChI=1S/C26H30N2O4/c1-2-3-16-30-25-11-7-8-22(19-25)28-26(29)20-27-21-12-14-24(15-13-21)32-18-17-31-23-9-5-4-6-10-23/h4-15,19,27H,2-3,16-18,20H2,1H3,(H,28,29). The number of hydrogen-bond donors (Lipinski definition) is 2. The molecule has 0 saturated carbocycles. The lowest BCUT2D eigenvalue weighted by Crippen LogP contribution is -2.21. The molecule has 0 atom stereocenters. The number of carbonyl (C=O) groups excluding carboxylic acids is 1. The molecule has 32 heavy (non-hydrogen) atoms. The minimum atomic E-state index is -0.130. The number of hydrogen-bond acceptors (Lipinski definition) is 5. The third-order valence-corrected chi connectivity index (χ3v) is 4.56. The van der Waals surface area contributed by atoms with Crippen LogP contribution in [0.5, 0.6) is 17.2 Å². The van der Waals surface area contributed by atoms with Crippen LogP contribution >= 0.6 is 0 Å². The summed E-state index contributed by atoms with van der Waals surface area (Å²) in [6, 6.07) is 24.6. The topological polar surface area (TPSA) is 68.8 Å². The van der Waals surface area contributed by atoms with Crippen LogP contribution in [0.1, 0.15) is 19.8 Å². The Morgan fingerprint density at radius 3 is 2.09 bits per heavy atom. The molecule has 168 valence electrons. The number of unbranched alkanes of at least 4 members (excludes halogenated alkanes) is 1. The fraction of sp³-hybridized carbons (Fsp3) is 0.269. The lowest BCUT2D eigenvalue weighted by atomic mass is 10.3. The van der Waals surface area contributed by atoms with Crippen LogP contribution in [-0.2, 0) is 4.79 Å². The van der Waals surface area contributed by atoms with Gasteiger partial charge in [0, 0.05) is 17.4 Å². The summed E-state index contributed by atoms with van der Waals surface area (Å²) in [5, 5.41) is 6.00. The summed E-state index contributed by atoms with van der Waals surface area (Å²) in [4.78, 5) is 12.3. The zero-order valence-corrected chi connectivity index (χ0v) is 18.4. The number of amides is 1. The minimum absolute atomic E-state index is 0.130.